The molecule has 128 valence electrons. The summed E-state index contributed by atoms with van der Waals surface area (Å²) < 4.78 is 11.5. The second-order valence-corrected chi connectivity index (χ2v) is 6.04. The van der Waals surface area contributed by atoms with E-state index in [9.17, 15) is 0 Å². The zero-order valence-electron chi connectivity index (χ0n) is 14.3. The summed E-state index contributed by atoms with van der Waals surface area (Å²) in [6, 6.07) is 9.90. The van der Waals surface area contributed by atoms with Crippen LogP contribution in [0.2, 0.25) is 0 Å². The molecule has 1 unspecified atom stereocenters. The van der Waals surface area contributed by atoms with Crippen molar-refractivity contribution in [2.24, 2.45) is 4.99 Å². The van der Waals surface area contributed by atoms with Gasteiger partial charge in [0.2, 0.25) is 0 Å². The first-order valence-corrected chi connectivity index (χ1v) is 8.56. The highest BCUT2D eigenvalue weighted by atomic mass is 16.5. The maximum absolute atomic E-state index is 5.78. The van der Waals surface area contributed by atoms with Crippen LogP contribution < -0.4 is 15.4 Å². The molecule has 5 nitrogen and oxygen atoms in total. The Balaban J connectivity index is 1.67. The molecule has 0 saturated carbocycles. The highest BCUT2D eigenvalue weighted by Gasteiger charge is 2.29. The summed E-state index contributed by atoms with van der Waals surface area (Å²) in [5.41, 5.74) is -0.0984. The van der Waals surface area contributed by atoms with Crippen LogP contribution in [-0.4, -0.2) is 44.4 Å². The van der Waals surface area contributed by atoms with E-state index in [2.05, 4.69) is 29.5 Å². The number of ether oxygens (including phenoxy) is 2. The molecule has 0 aliphatic carbocycles. The van der Waals surface area contributed by atoms with Gasteiger partial charge in [0, 0.05) is 19.7 Å². The molecule has 2 rings (SSSR count). The predicted octanol–water partition coefficient (Wildman–Crippen LogP) is 2.58. The van der Waals surface area contributed by atoms with Crippen molar-refractivity contribution in [3.63, 3.8) is 0 Å². The number of hydrogen-bond acceptors (Lipinski definition) is 3. The second-order valence-electron chi connectivity index (χ2n) is 6.04. The average molecular weight is 319 g/mol. The fraction of sp³-hybridized carbons (Fsp3) is 0.611. The molecule has 1 aromatic rings. The molecule has 5 heteroatoms. The van der Waals surface area contributed by atoms with E-state index in [0.29, 0.717) is 13.2 Å². The highest BCUT2D eigenvalue weighted by molar-refractivity contribution is 5.79. The van der Waals surface area contributed by atoms with Crippen molar-refractivity contribution in [1.82, 2.24) is 10.6 Å². The van der Waals surface area contributed by atoms with Gasteiger partial charge in [0.15, 0.2) is 5.96 Å². The van der Waals surface area contributed by atoms with Gasteiger partial charge in [0.1, 0.15) is 5.75 Å². The Labute approximate surface area is 139 Å². The first-order chi connectivity index (χ1) is 11.2. The number of aliphatic imine (C=N–C) groups is 1. The lowest BCUT2D eigenvalue weighted by molar-refractivity contribution is 0.0283. The van der Waals surface area contributed by atoms with Crippen LogP contribution in [0.15, 0.2) is 35.3 Å². The number of nitrogens with one attached hydrogen (secondary N) is 2. The molecule has 1 aromatic carbocycles. The molecule has 0 aromatic heterocycles. The van der Waals surface area contributed by atoms with Crippen LogP contribution in [0.1, 0.15) is 33.1 Å². The van der Waals surface area contributed by atoms with E-state index in [0.717, 1.165) is 50.7 Å². The fourth-order valence-electron chi connectivity index (χ4n) is 2.54. The minimum atomic E-state index is -0.0984. The molecule has 23 heavy (non-hydrogen) atoms. The molecule has 1 aliphatic heterocycles. The zero-order chi connectivity index (χ0) is 16.4. The van der Waals surface area contributed by atoms with Crippen molar-refractivity contribution in [1.29, 1.82) is 0 Å². The van der Waals surface area contributed by atoms with Crippen molar-refractivity contribution in [2.45, 2.75) is 38.7 Å². The topological polar surface area (TPSA) is 54.9 Å². The molecule has 0 amide bonds. The van der Waals surface area contributed by atoms with Crippen LogP contribution in [0.3, 0.4) is 0 Å². The third-order valence-corrected chi connectivity index (χ3v) is 3.84. The Bertz CT molecular complexity index is 470. The molecule has 1 atom stereocenters. The van der Waals surface area contributed by atoms with Gasteiger partial charge in [-0.3, -0.25) is 4.99 Å². The Morgan fingerprint density at radius 1 is 1.30 bits per heavy atom. The summed E-state index contributed by atoms with van der Waals surface area (Å²) in [6.45, 7) is 8.14. The molecule has 1 saturated heterocycles. The standard InChI is InChI=1S/C18H29N3O2/c1-3-19-17(21-15-18(2)11-7-14-23-18)20-12-8-13-22-16-9-5-4-6-10-16/h4-6,9-10H,3,7-8,11-15H2,1-2H3,(H2,19,20,21). The molecule has 0 bridgehead atoms. The average Bonchev–Trinajstić information content (AvgIpc) is 3.00. The van der Waals surface area contributed by atoms with E-state index in [1.165, 1.54) is 0 Å². The van der Waals surface area contributed by atoms with Crippen LogP contribution in [0.25, 0.3) is 0 Å². The Hall–Kier alpha value is -1.75. The van der Waals surface area contributed by atoms with E-state index in [-0.39, 0.29) is 5.60 Å². The van der Waals surface area contributed by atoms with E-state index >= 15 is 0 Å². The quantitative estimate of drug-likeness (QED) is 0.439. The molecule has 1 fully saturated rings. The lowest BCUT2D eigenvalue weighted by Gasteiger charge is -2.21. The number of benzene rings is 1. The van der Waals surface area contributed by atoms with Gasteiger partial charge in [0.25, 0.3) is 0 Å². The predicted molar refractivity (Wildman–Crippen MR) is 94.1 cm³/mol. The second kappa shape index (κ2) is 9.40. The van der Waals surface area contributed by atoms with Crippen LogP contribution >= 0.6 is 0 Å². The van der Waals surface area contributed by atoms with E-state index in [1.54, 1.807) is 0 Å². The summed E-state index contributed by atoms with van der Waals surface area (Å²) in [4.78, 5) is 4.65. The van der Waals surface area contributed by atoms with E-state index in [1.807, 2.05) is 30.3 Å². The largest absolute Gasteiger partial charge is 0.494 e. The summed E-state index contributed by atoms with van der Waals surface area (Å²) in [5.74, 6) is 1.77. The number of hydrogen-bond donors (Lipinski definition) is 2. The van der Waals surface area contributed by atoms with Crippen molar-refractivity contribution in [2.75, 3.05) is 32.8 Å². The van der Waals surface area contributed by atoms with Crippen LogP contribution in [-0.2, 0) is 4.74 Å². The van der Waals surface area contributed by atoms with Crippen molar-refractivity contribution in [3.05, 3.63) is 30.3 Å². The summed E-state index contributed by atoms with van der Waals surface area (Å²) in [6.07, 6.45) is 3.14. The SMILES string of the molecule is CCNC(=NCC1(C)CCCO1)NCCCOc1ccccc1. The molecule has 1 aliphatic rings. The van der Waals surface area contributed by atoms with Crippen LogP contribution in [0.4, 0.5) is 0 Å². The van der Waals surface area contributed by atoms with Gasteiger partial charge in [-0.25, -0.2) is 0 Å². The zero-order valence-corrected chi connectivity index (χ0v) is 14.3. The first-order valence-electron chi connectivity index (χ1n) is 8.56. The summed E-state index contributed by atoms with van der Waals surface area (Å²) in [7, 11) is 0. The van der Waals surface area contributed by atoms with Gasteiger partial charge in [-0.15, -0.1) is 0 Å². The third kappa shape index (κ3) is 6.48. The van der Waals surface area contributed by atoms with Crippen molar-refractivity contribution >= 4 is 5.96 Å². The fourth-order valence-corrected chi connectivity index (χ4v) is 2.54. The van der Waals surface area contributed by atoms with Gasteiger partial charge in [-0.1, -0.05) is 18.2 Å². The Morgan fingerprint density at radius 3 is 2.83 bits per heavy atom. The lowest BCUT2D eigenvalue weighted by Crippen LogP contribution is -2.39. The first kappa shape index (κ1) is 17.6. The van der Waals surface area contributed by atoms with Gasteiger partial charge in [-0.2, -0.15) is 0 Å². The Morgan fingerprint density at radius 2 is 2.13 bits per heavy atom. The maximum Gasteiger partial charge on any atom is 0.191 e. The van der Waals surface area contributed by atoms with Crippen LogP contribution in [0, 0.1) is 0 Å². The van der Waals surface area contributed by atoms with Gasteiger partial charge < -0.3 is 20.1 Å². The molecular formula is C18H29N3O2. The summed E-state index contributed by atoms with van der Waals surface area (Å²) in [5, 5.41) is 6.63. The number of rotatable bonds is 8. The highest BCUT2D eigenvalue weighted by Crippen LogP contribution is 2.24. The van der Waals surface area contributed by atoms with Gasteiger partial charge in [0.05, 0.1) is 18.8 Å². The molecular weight excluding hydrogens is 290 g/mol. The Kier molecular flexibility index (Phi) is 7.20. The van der Waals surface area contributed by atoms with E-state index < -0.39 is 0 Å². The third-order valence-electron chi connectivity index (χ3n) is 3.84. The minimum Gasteiger partial charge on any atom is -0.494 e. The number of nitrogens with zero attached hydrogens (tertiary/aromatic N) is 1. The minimum absolute atomic E-state index is 0.0984. The van der Waals surface area contributed by atoms with E-state index in [4.69, 9.17) is 9.47 Å². The lowest BCUT2D eigenvalue weighted by atomic mass is 10.0. The number of guanidine groups is 1. The monoisotopic (exact) mass is 319 g/mol. The number of para-hydroxylation sites is 1. The van der Waals surface area contributed by atoms with Crippen LogP contribution in [0.5, 0.6) is 5.75 Å². The maximum atomic E-state index is 5.78. The normalized spacial score (nSPS) is 21.2. The van der Waals surface area contributed by atoms with Crippen molar-refractivity contribution in [3.8, 4) is 5.75 Å². The molecule has 2 N–H and O–H groups in total. The van der Waals surface area contributed by atoms with Gasteiger partial charge in [-0.05, 0) is 45.2 Å². The molecule has 1 heterocycles. The molecule has 0 spiro atoms. The molecule has 0 radical (unpaired) electrons. The summed E-state index contributed by atoms with van der Waals surface area (Å²) >= 11 is 0. The van der Waals surface area contributed by atoms with Crippen molar-refractivity contribution < 1.29 is 9.47 Å². The smallest absolute Gasteiger partial charge is 0.191 e. The van der Waals surface area contributed by atoms with Gasteiger partial charge >= 0.3 is 0 Å².